The lowest BCUT2D eigenvalue weighted by Crippen LogP contribution is -2.43. The van der Waals surface area contributed by atoms with Crippen molar-refractivity contribution >= 4 is 5.91 Å². The average molecular weight is 348 g/mol. The fraction of sp³-hybridized carbons (Fsp3) is 0.789. The second-order valence-corrected chi connectivity index (χ2v) is 7.94. The molecule has 3 rings (SSSR count). The smallest absolute Gasteiger partial charge is 0.237 e. The van der Waals surface area contributed by atoms with Crippen molar-refractivity contribution in [2.24, 2.45) is 5.41 Å². The predicted octanol–water partition coefficient (Wildman–Crippen LogP) is 1.59. The van der Waals surface area contributed by atoms with Crippen molar-refractivity contribution in [3.05, 3.63) is 18.7 Å². The summed E-state index contributed by atoms with van der Waals surface area (Å²) in [4.78, 5) is 21.7. The van der Waals surface area contributed by atoms with Gasteiger partial charge in [0.05, 0.1) is 12.4 Å². The van der Waals surface area contributed by atoms with Crippen LogP contribution in [0.3, 0.4) is 0 Å². The molecule has 0 radical (unpaired) electrons. The summed E-state index contributed by atoms with van der Waals surface area (Å²) in [6, 6.07) is 0.0663. The Morgan fingerprint density at radius 2 is 2.12 bits per heavy atom. The third-order valence-electron chi connectivity index (χ3n) is 5.92. The Bertz CT molecular complexity index is 536. The van der Waals surface area contributed by atoms with E-state index in [9.17, 15) is 4.79 Å². The molecule has 3 heterocycles. The standard InChI is InChI=1S/C19H33N5O/c1-3-9-24-15-19(5-11-22(2)12-6-19)14-17(24)18(25)21-7-4-10-23-13-8-20-16-23/h8,13,16-17H,3-7,9-12,14-15H2,1-2H3,(H,21,25). The lowest BCUT2D eigenvalue weighted by Gasteiger charge is -2.37. The molecule has 1 unspecified atom stereocenters. The second kappa shape index (κ2) is 8.32. The van der Waals surface area contributed by atoms with Crippen LogP contribution >= 0.6 is 0 Å². The topological polar surface area (TPSA) is 53.4 Å². The van der Waals surface area contributed by atoms with Crippen molar-refractivity contribution in [2.75, 3.05) is 39.8 Å². The van der Waals surface area contributed by atoms with Gasteiger partial charge < -0.3 is 14.8 Å². The zero-order chi connectivity index (χ0) is 17.7. The van der Waals surface area contributed by atoms with E-state index < -0.39 is 0 Å². The minimum absolute atomic E-state index is 0.0663. The highest BCUT2D eigenvalue weighted by molar-refractivity contribution is 5.82. The van der Waals surface area contributed by atoms with Gasteiger partial charge in [0.15, 0.2) is 0 Å². The molecule has 1 aromatic rings. The number of carbonyl (C=O) groups excluding carboxylic acids is 1. The van der Waals surface area contributed by atoms with E-state index in [1.165, 1.54) is 25.9 Å². The van der Waals surface area contributed by atoms with Crippen molar-refractivity contribution in [1.29, 1.82) is 0 Å². The van der Waals surface area contributed by atoms with Crippen molar-refractivity contribution in [2.45, 2.75) is 51.6 Å². The van der Waals surface area contributed by atoms with Crippen LogP contribution in [0.2, 0.25) is 0 Å². The molecule has 1 atom stereocenters. The van der Waals surface area contributed by atoms with E-state index in [0.717, 1.165) is 45.4 Å². The number of carbonyl (C=O) groups is 1. The Morgan fingerprint density at radius 1 is 1.32 bits per heavy atom. The lowest BCUT2D eigenvalue weighted by molar-refractivity contribution is -0.125. The number of imidazole rings is 1. The van der Waals surface area contributed by atoms with E-state index in [0.29, 0.717) is 5.41 Å². The first kappa shape index (κ1) is 18.4. The largest absolute Gasteiger partial charge is 0.355 e. The monoisotopic (exact) mass is 347 g/mol. The molecule has 2 aliphatic rings. The van der Waals surface area contributed by atoms with E-state index in [1.807, 2.05) is 12.5 Å². The molecule has 2 fully saturated rings. The van der Waals surface area contributed by atoms with Gasteiger partial charge >= 0.3 is 0 Å². The summed E-state index contributed by atoms with van der Waals surface area (Å²) in [5, 5.41) is 3.18. The van der Waals surface area contributed by atoms with Crippen molar-refractivity contribution in [3.63, 3.8) is 0 Å². The number of nitrogens with one attached hydrogen (secondary N) is 1. The molecule has 1 spiro atoms. The van der Waals surface area contributed by atoms with Gasteiger partial charge in [-0.3, -0.25) is 9.69 Å². The van der Waals surface area contributed by atoms with Crippen molar-refractivity contribution < 1.29 is 4.79 Å². The zero-order valence-electron chi connectivity index (χ0n) is 15.8. The minimum Gasteiger partial charge on any atom is -0.355 e. The fourth-order valence-electron chi connectivity index (χ4n) is 4.39. The molecule has 0 aliphatic carbocycles. The molecule has 2 saturated heterocycles. The maximum atomic E-state index is 12.8. The molecule has 2 aliphatic heterocycles. The SMILES string of the molecule is CCCN1CC2(CCN(C)CC2)CC1C(=O)NCCCn1ccnc1. The van der Waals surface area contributed by atoms with Gasteiger partial charge in [0.25, 0.3) is 0 Å². The minimum atomic E-state index is 0.0663. The number of nitrogens with zero attached hydrogens (tertiary/aromatic N) is 4. The van der Waals surface area contributed by atoms with E-state index >= 15 is 0 Å². The number of aryl methyl sites for hydroxylation is 1. The van der Waals surface area contributed by atoms with Crippen LogP contribution in [-0.2, 0) is 11.3 Å². The van der Waals surface area contributed by atoms with Crippen LogP contribution in [0.5, 0.6) is 0 Å². The third-order valence-corrected chi connectivity index (χ3v) is 5.92. The van der Waals surface area contributed by atoms with E-state index in [-0.39, 0.29) is 11.9 Å². The van der Waals surface area contributed by atoms with Crippen LogP contribution < -0.4 is 5.32 Å². The van der Waals surface area contributed by atoms with Gasteiger partial charge in [-0.1, -0.05) is 6.92 Å². The molecule has 0 bridgehead atoms. The number of aromatic nitrogens is 2. The van der Waals surface area contributed by atoms with E-state index in [1.54, 1.807) is 6.20 Å². The summed E-state index contributed by atoms with van der Waals surface area (Å²) in [5.74, 6) is 0.231. The molecule has 25 heavy (non-hydrogen) atoms. The molecule has 140 valence electrons. The molecular weight excluding hydrogens is 314 g/mol. The molecule has 6 nitrogen and oxygen atoms in total. The van der Waals surface area contributed by atoms with Gasteiger partial charge in [0.1, 0.15) is 0 Å². The molecule has 1 aromatic heterocycles. The highest BCUT2D eigenvalue weighted by Gasteiger charge is 2.47. The summed E-state index contributed by atoms with van der Waals surface area (Å²) in [6.45, 7) is 8.31. The summed E-state index contributed by atoms with van der Waals surface area (Å²) < 4.78 is 2.05. The van der Waals surface area contributed by atoms with Gasteiger partial charge in [-0.05, 0) is 64.2 Å². The number of hydrogen-bond acceptors (Lipinski definition) is 4. The summed E-state index contributed by atoms with van der Waals surface area (Å²) in [7, 11) is 2.20. The Morgan fingerprint density at radius 3 is 2.80 bits per heavy atom. The highest BCUT2D eigenvalue weighted by Crippen LogP contribution is 2.43. The van der Waals surface area contributed by atoms with Gasteiger partial charge in [0.2, 0.25) is 5.91 Å². The normalized spacial score (nSPS) is 24.0. The summed E-state index contributed by atoms with van der Waals surface area (Å²) >= 11 is 0. The van der Waals surface area contributed by atoms with Crippen molar-refractivity contribution in [1.82, 2.24) is 24.7 Å². The molecule has 1 amide bonds. The summed E-state index contributed by atoms with van der Waals surface area (Å²) in [6.07, 6.45) is 11.1. The Kier molecular flexibility index (Phi) is 6.12. The number of hydrogen-bond donors (Lipinski definition) is 1. The predicted molar refractivity (Wildman–Crippen MR) is 99.3 cm³/mol. The zero-order valence-corrected chi connectivity index (χ0v) is 15.8. The molecular formula is C19H33N5O. The number of rotatable bonds is 7. The fourth-order valence-corrected chi connectivity index (χ4v) is 4.39. The lowest BCUT2D eigenvalue weighted by atomic mass is 9.76. The quantitative estimate of drug-likeness (QED) is 0.761. The Labute approximate surface area is 151 Å². The number of likely N-dealkylation sites (tertiary alicyclic amines) is 2. The number of amides is 1. The Hall–Kier alpha value is -1.40. The first-order valence-electron chi connectivity index (χ1n) is 9.78. The van der Waals surface area contributed by atoms with Gasteiger partial charge in [-0.2, -0.15) is 0 Å². The van der Waals surface area contributed by atoms with E-state index in [4.69, 9.17) is 0 Å². The molecule has 0 saturated carbocycles. The van der Waals surface area contributed by atoms with Gasteiger partial charge in [0, 0.05) is 32.0 Å². The number of piperidine rings is 1. The van der Waals surface area contributed by atoms with Gasteiger partial charge in [-0.25, -0.2) is 4.98 Å². The summed E-state index contributed by atoms with van der Waals surface area (Å²) in [5.41, 5.74) is 0.362. The van der Waals surface area contributed by atoms with Crippen LogP contribution in [0.15, 0.2) is 18.7 Å². The van der Waals surface area contributed by atoms with Crippen LogP contribution in [-0.4, -0.2) is 71.1 Å². The Balaban J connectivity index is 1.50. The molecule has 1 N–H and O–H groups in total. The average Bonchev–Trinajstić information content (AvgIpc) is 3.23. The first-order valence-corrected chi connectivity index (χ1v) is 9.78. The first-order chi connectivity index (χ1) is 12.1. The van der Waals surface area contributed by atoms with Crippen LogP contribution in [0.1, 0.15) is 39.0 Å². The molecule has 0 aromatic carbocycles. The second-order valence-electron chi connectivity index (χ2n) is 7.94. The van der Waals surface area contributed by atoms with Gasteiger partial charge in [-0.15, -0.1) is 0 Å². The molecule has 6 heteroatoms. The van der Waals surface area contributed by atoms with Crippen LogP contribution in [0.25, 0.3) is 0 Å². The highest BCUT2D eigenvalue weighted by atomic mass is 16.2. The van der Waals surface area contributed by atoms with E-state index in [2.05, 4.69) is 38.6 Å². The maximum absolute atomic E-state index is 12.8. The van der Waals surface area contributed by atoms with Crippen LogP contribution in [0.4, 0.5) is 0 Å². The van der Waals surface area contributed by atoms with Crippen molar-refractivity contribution in [3.8, 4) is 0 Å². The third kappa shape index (κ3) is 4.61. The van der Waals surface area contributed by atoms with Crippen LogP contribution in [0, 0.1) is 5.41 Å². The maximum Gasteiger partial charge on any atom is 0.237 e.